The molecule has 0 spiro atoms. The quantitative estimate of drug-likeness (QED) is 0.271. The van der Waals surface area contributed by atoms with Gasteiger partial charge in [-0.1, -0.05) is 6.07 Å². The number of anilines is 1. The lowest BCUT2D eigenvalue weighted by atomic mass is 10.1. The number of amides is 1. The van der Waals surface area contributed by atoms with Crippen LogP contribution in [0, 0.1) is 12.7 Å². The van der Waals surface area contributed by atoms with Gasteiger partial charge in [0.05, 0.1) is 40.0 Å². The summed E-state index contributed by atoms with van der Waals surface area (Å²) in [6.45, 7) is 7.69. The number of carbonyl (C=O) groups is 1. The number of ether oxygens (including phenoxy) is 1. The van der Waals surface area contributed by atoms with E-state index in [2.05, 4.69) is 21.1 Å². The van der Waals surface area contributed by atoms with Gasteiger partial charge < -0.3 is 10.1 Å². The van der Waals surface area contributed by atoms with Crippen molar-refractivity contribution < 1.29 is 22.3 Å². The van der Waals surface area contributed by atoms with Crippen LogP contribution < -0.4 is 10.1 Å². The van der Waals surface area contributed by atoms with Crippen molar-refractivity contribution in [3.63, 3.8) is 0 Å². The summed E-state index contributed by atoms with van der Waals surface area (Å²) in [4.78, 5) is 17.0. The predicted octanol–water partition coefficient (Wildman–Crippen LogP) is 5.87. The zero-order chi connectivity index (χ0) is 28.7. The van der Waals surface area contributed by atoms with Crippen molar-refractivity contribution in [3.05, 3.63) is 89.3 Å². The molecule has 5 rings (SSSR count). The van der Waals surface area contributed by atoms with Gasteiger partial charge in [-0.3, -0.25) is 14.5 Å². The van der Waals surface area contributed by atoms with Crippen LogP contribution in [0.15, 0.2) is 77.3 Å². The van der Waals surface area contributed by atoms with Crippen molar-refractivity contribution in [1.29, 1.82) is 0 Å². The number of pyridine rings is 1. The van der Waals surface area contributed by atoms with Crippen molar-refractivity contribution in [2.24, 2.45) is 0 Å². The molecule has 10 heteroatoms. The lowest BCUT2D eigenvalue weighted by molar-refractivity contribution is -0.115. The van der Waals surface area contributed by atoms with Gasteiger partial charge in [0, 0.05) is 24.2 Å². The maximum absolute atomic E-state index is 15.3. The van der Waals surface area contributed by atoms with E-state index in [9.17, 15) is 13.2 Å². The van der Waals surface area contributed by atoms with E-state index in [0.29, 0.717) is 34.1 Å². The van der Waals surface area contributed by atoms with Crippen molar-refractivity contribution in [2.45, 2.75) is 51.0 Å². The van der Waals surface area contributed by atoms with E-state index < -0.39 is 15.7 Å². The number of nitrogens with one attached hydrogen (secondary N) is 1. The first-order chi connectivity index (χ1) is 18.9. The van der Waals surface area contributed by atoms with Gasteiger partial charge in [0.2, 0.25) is 5.91 Å². The molecule has 0 aliphatic heterocycles. The second kappa shape index (κ2) is 10.4. The van der Waals surface area contributed by atoms with Gasteiger partial charge in [0.1, 0.15) is 5.75 Å². The molecule has 1 N–H and O–H groups in total. The molecule has 2 aromatic carbocycles. The van der Waals surface area contributed by atoms with Crippen LogP contribution in [0.25, 0.3) is 10.9 Å². The normalized spacial score (nSPS) is 13.2. The molecule has 4 aromatic rings. The Bertz CT molecular complexity index is 1790. The Morgan fingerprint density at radius 1 is 1.20 bits per heavy atom. The molecular weight excluding hydrogens is 531 g/mol. The Hall–Kier alpha value is -4.27. The third-order valence-electron chi connectivity index (χ3n) is 6.47. The summed E-state index contributed by atoms with van der Waals surface area (Å²) in [5.74, 6) is -0.786. The molecule has 0 radical (unpaired) electrons. The van der Waals surface area contributed by atoms with Crippen LogP contribution in [0.4, 0.5) is 10.1 Å². The van der Waals surface area contributed by atoms with E-state index in [1.54, 1.807) is 48.3 Å². The topological polar surface area (TPSA) is 103 Å². The molecule has 0 saturated heterocycles. The zero-order valence-corrected chi connectivity index (χ0v) is 23.5. The molecule has 0 bridgehead atoms. The molecule has 0 unspecified atom stereocenters. The van der Waals surface area contributed by atoms with Crippen molar-refractivity contribution in [2.75, 3.05) is 11.1 Å². The van der Waals surface area contributed by atoms with Crippen LogP contribution in [0.3, 0.4) is 0 Å². The fraction of sp³-hybridized carbons (Fsp3) is 0.267. The van der Waals surface area contributed by atoms with Crippen LogP contribution in [0.2, 0.25) is 0 Å². The fourth-order valence-corrected chi connectivity index (χ4v) is 5.73. The molecule has 1 aliphatic carbocycles. The zero-order valence-electron chi connectivity index (χ0n) is 22.7. The molecule has 40 heavy (non-hydrogen) atoms. The van der Waals surface area contributed by atoms with Gasteiger partial charge >= 0.3 is 0 Å². The lowest BCUT2D eigenvalue weighted by Crippen LogP contribution is -2.22. The Kier molecular flexibility index (Phi) is 7.08. The number of rotatable bonds is 8. The lowest BCUT2D eigenvalue weighted by Gasteiger charge is -2.18. The van der Waals surface area contributed by atoms with Gasteiger partial charge in [-0.05, 0) is 80.8 Å². The molecule has 2 aromatic heterocycles. The second-order valence-electron chi connectivity index (χ2n) is 10.8. The summed E-state index contributed by atoms with van der Waals surface area (Å²) in [7, 11) is -3.58. The number of benzene rings is 2. The van der Waals surface area contributed by atoms with Gasteiger partial charge in [-0.2, -0.15) is 5.10 Å². The summed E-state index contributed by atoms with van der Waals surface area (Å²) in [6.07, 6.45) is 7.20. The minimum atomic E-state index is -3.58. The highest BCUT2D eigenvalue weighted by Crippen LogP contribution is 2.34. The number of carbonyl (C=O) groups excluding carboxylic acids is 1. The summed E-state index contributed by atoms with van der Waals surface area (Å²) in [5, 5.41) is 7.51. The number of hydrogen-bond donors (Lipinski definition) is 1. The van der Waals surface area contributed by atoms with Crippen LogP contribution >= 0.6 is 0 Å². The maximum Gasteiger partial charge on any atom is 0.228 e. The number of halogens is 1. The first-order valence-electron chi connectivity index (χ1n) is 12.8. The number of nitrogens with zero attached hydrogens (tertiary/aromatic N) is 3. The van der Waals surface area contributed by atoms with Crippen molar-refractivity contribution in [3.8, 4) is 11.5 Å². The van der Waals surface area contributed by atoms with E-state index in [1.807, 2.05) is 20.8 Å². The highest BCUT2D eigenvalue weighted by molar-refractivity contribution is 7.91. The number of sulfone groups is 1. The molecule has 0 atom stereocenters. The Balaban J connectivity index is 1.36. The Morgan fingerprint density at radius 2 is 1.98 bits per heavy atom. The Morgan fingerprint density at radius 3 is 2.62 bits per heavy atom. The van der Waals surface area contributed by atoms with Crippen LogP contribution in [-0.4, -0.2) is 34.8 Å². The van der Waals surface area contributed by atoms with Crippen LogP contribution in [-0.2, 0) is 26.6 Å². The van der Waals surface area contributed by atoms with Gasteiger partial charge in [0.15, 0.2) is 21.4 Å². The van der Waals surface area contributed by atoms with E-state index in [1.165, 1.54) is 24.4 Å². The highest BCUT2D eigenvalue weighted by atomic mass is 32.2. The Labute approximate surface area is 232 Å². The average molecular weight is 561 g/mol. The number of aromatic nitrogens is 3. The van der Waals surface area contributed by atoms with E-state index in [-0.39, 0.29) is 40.0 Å². The molecular formula is C30H29FN4O4S. The molecule has 0 saturated carbocycles. The number of fused-ring (bicyclic) bond motifs is 1. The molecule has 0 fully saturated rings. The summed E-state index contributed by atoms with van der Waals surface area (Å²) in [5.41, 5.74) is 5.46. The number of aryl methyl sites for hydroxylation is 1. The van der Waals surface area contributed by atoms with Gasteiger partial charge in [-0.25, -0.2) is 12.8 Å². The third-order valence-corrected chi connectivity index (χ3v) is 8.17. The average Bonchev–Trinajstić information content (AvgIpc) is 3.32. The summed E-state index contributed by atoms with van der Waals surface area (Å²) >= 11 is 0. The monoisotopic (exact) mass is 560 g/mol. The van der Waals surface area contributed by atoms with Crippen LogP contribution in [0.1, 0.15) is 38.3 Å². The van der Waals surface area contributed by atoms with Crippen molar-refractivity contribution in [1.82, 2.24) is 14.8 Å². The molecule has 1 amide bonds. The first-order valence-corrected chi connectivity index (χ1v) is 14.4. The molecule has 206 valence electrons. The van der Waals surface area contributed by atoms with Gasteiger partial charge in [0.25, 0.3) is 0 Å². The van der Waals surface area contributed by atoms with E-state index >= 15 is 4.39 Å². The van der Waals surface area contributed by atoms with Gasteiger partial charge in [-0.15, -0.1) is 5.73 Å². The molecule has 1 aliphatic rings. The van der Waals surface area contributed by atoms with Crippen molar-refractivity contribution >= 4 is 32.3 Å². The number of hydrogen-bond acceptors (Lipinski definition) is 6. The third kappa shape index (κ3) is 5.83. The predicted molar refractivity (Wildman–Crippen MR) is 151 cm³/mol. The SMILES string of the molecule is Cc1cc(CC(=O)Nc2cnn(C(C)(C)C)c2)cc(F)c1Oc1ccnc2ccc(S(=O)(=O)CC3=C=CC3)cc12. The minimum Gasteiger partial charge on any atom is -0.453 e. The second-order valence-corrected chi connectivity index (χ2v) is 12.8. The van der Waals surface area contributed by atoms with Crippen LogP contribution in [0.5, 0.6) is 11.5 Å². The largest absolute Gasteiger partial charge is 0.453 e. The minimum absolute atomic E-state index is 0.0128. The summed E-state index contributed by atoms with van der Waals surface area (Å²) in [6, 6.07) is 9.14. The smallest absolute Gasteiger partial charge is 0.228 e. The van der Waals surface area contributed by atoms with E-state index in [4.69, 9.17) is 4.74 Å². The molecule has 2 heterocycles. The fourth-order valence-electron chi connectivity index (χ4n) is 4.33. The standard InChI is InChI=1S/C30H29FN4O4S/c1-19-12-21(14-28(36)34-22-16-33-35(17-22)30(2,3)4)13-25(31)29(19)39-27-10-11-32-26-9-8-23(15-24(26)27)40(37,38)18-20-6-5-7-20/h5,8-13,15-17H,6,14,18H2,1-4H3,(H,34,36). The highest BCUT2D eigenvalue weighted by Gasteiger charge is 2.21. The maximum atomic E-state index is 15.3. The first kappa shape index (κ1) is 27.3. The summed E-state index contributed by atoms with van der Waals surface area (Å²) < 4.78 is 48.8. The molecule has 8 nitrogen and oxygen atoms in total. The van der Waals surface area contributed by atoms with E-state index in [0.717, 1.165) is 5.57 Å².